The van der Waals surface area contributed by atoms with Crippen molar-refractivity contribution in [3.63, 3.8) is 0 Å². The van der Waals surface area contributed by atoms with E-state index >= 15 is 0 Å². The van der Waals surface area contributed by atoms with Crippen LogP contribution in [-0.4, -0.2) is 16.8 Å². The second-order valence-corrected chi connectivity index (χ2v) is 8.24. The third-order valence-corrected chi connectivity index (χ3v) is 6.06. The van der Waals surface area contributed by atoms with Crippen LogP contribution in [0.4, 0.5) is 11.4 Å². The molecule has 2 aromatic carbocycles. The summed E-state index contributed by atoms with van der Waals surface area (Å²) in [6.07, 6.45) is 1.75. The number of aromatic nitrogens is 1. The topological polar surface area (TPSA) is 71.1 Å². The second kappa shape index (κ2) is 8.57. The van der Waals surface area contributed by atoms with E-state index in [1.807, 2.05) is 35.0 Å². The van der Waals surface area contributed by atoms with Gasteiger partial charge in [-0.2, -0.15) is 0 Å². The SMILES string of the molecule is O=C(Nc1ccc(-c2nccs2)cc1)c1ccc(Cl)c(NC(=O)c2cccs2)c1. The quantitative estimate of drug-likeness (QED) is 0.398. The molecular weight excluding hydrogens is 426 g/mol. The lowest BCUT2D eigenvalue weighted by molar-refractivity contribution is 0.101. The lowest BCUT2D eigenvalue weighted by Crippen LogP contribution is -2.14. The number of carbonyl (C=O) groups is 2. The van der Waals surface area contributed by atoms with Gasteiger partial charge >= 0.3 is 0 Å². The highest BCUT2D eigenvalue weighted by Crippen LogP contribution is 2.26. The number of nitrogens with one attached hydrogen (secondary N) is 2. The van der Waals surface area contributed by atoms with Crippen molar-refractivity contribution >= 4 is 57.5 Å². The molecule has 0 aliphatic heterocycles. The Bertz CT molecular complexity index is 1140. The molecule has 0 radical (unpaired) electrons. The van der Waals surface area contributed by atoms with E-state index in [-0.39, 0.29) is 11.8 Å². The van der Waals surface area contributed by atoms with E-state index in [0.29, 0.717) is 26.8 Å². The van der Waals surface area contributed by atoms with Crippen molar-refractivity contribution < 1.29 is 9.59 Å². The van der Waals surface area contributed by atoms with Crippen molar-refractivity contribution in [2.75, 3.05) is 10.6 Å². The van der Waals surface area contributed by atoms with Gasteiger partial charge in [0.25, 0.3) is 11.8 Å². The van der Waals surface area contributed by atoms with E-state index in [4.69, 9.17) is 11.6 Å². The second-order valence-electron chi connectivity index (χ2n) is 5.99. The van der Waals surface area contributed by atoms with E-state index in [2.05, 4.69) is 15.6 Å². The first-order valence-electron chi connectivity index (χ1n) is 8.56. The summed E-state index contributed by atoms with van der Waals surface area (Å²) in [7, 11) is 0. The summed E-state index contributed by atoms with van der Waals surface area (Å²) in [6.45, 7) is 0. The molecular formula is C21H14ClN3O2S2. The largest absolute Gasteiger partial charge is 0.322 e. The number of carbonyl (C=O) groups excluding carboxylic acids is 2. The number of anilines is 2. The summed E-state index contributed by atoms with van der Waals surface area (Å²) in [6, 6.07) is 15.7. The summed E-state index contributed by atoms with van der Waals surface area (Å²) < 4.78 is 0. The number of hydrogen-bond acceptors (Lipinski definition) is 5. The molecule has 0 fully saturated rings. The molecule has 2 heterocycles. The Kier molecular flexibility index (Phi) is 5.71. The summed E-state index contributed by atoms with van der Waals surface area (Å²) >= 11 is 9.07. The number of amides is 2. The molecule has 0 unspecified atom stereocenters. The molecule has 0 saturated carbocycles. The standard InChI is InChI=1S/C21H14ClN3O2S2/c22-16-8-5-14(12-17(16)25-20(27)18-2-1-10-28-18)19(26)24-15-6-3-13(4-7-15)21-23-9-11-29-21/h1-12H,(H,24,26)(H,25,27). The number of benzene rings is 2. The molecule has 0 aliphatic rings. The van der Waals surface area contributed by atoms with Crippen LogP contribution in [0.15, 0.2) is 71.6 Å². The number of halogens is 1. The minimum atomic E-state index is -0.296. The van der Waals surface area contributed by atoms with E-state index < -0.39 is 0 Å². The lowest BCUT2D eigenvalue weighted by Gasteiger charge is -2.10. The Morgan fingerprint density at radius 2 is 1.72 bits per heavy atom. The Hall–Kier alpha value is -3.00. The van der Waals surface area contributed by atoms with Crippen LogP contribution in [0, 0.1) is 0 Å². The van der Waals surface area contributed by atoms with Crippen molar-refractivity contribution in [2.45, 2.75) is 0 Å². The predicted octanol–water partition coefficient (Wildman–Crippen LogP) is 6.03. The Balaban J connectivity index is 1.48. The molecule has 8 heteroatoms. The average Bonchev–Trinajstić information content (AvgIpc) is 3.44. The van der Waals surface area contributed by atoms with Gasteiger partial charge in [-0.3, -0.25) is 9.59 Å². The van der Waals surface area contributed by atoms with Crippen LogP contribution in [0.3, 0.4) is 0 Å². The van der Waals surface area contributed by atoms with Gasteiger partial charge in [0.15, 0.2) is 0 Å². The monoisotopic (exact) mass is 439 g/mol. The van der Waals surface area contributed by atoms with Gasteiger partial charge in [0.05, 0.1) is 15.6 Å². The molecule has 29 heavy (non-hydrogen) atoms. The van der Waals surface area contributed by atoms with Crippen molar-refractivity contribution in [3.05, 3.63) is 87.0 Å². The van der Waals surface area contributed by atoms with Crippen molar-refractivity contribution in [1.29, 1.82) is 0 Å². The van der Waals surface area contributed by atoms with Gasteiger partial charge in [-0.15, -0.1) is 22.7 Å². The summed E-state index contributed by atoms with van der Waals surface area (Å²) in [5, 5.41) is 10.6. The maximum atomic E-state index is 12.6. The van der Waals surface area contributed by atoms with Crippen LogP contribution in [-0.2, 0) is 0 Å². The highest BCUT2D eigenvalue weighted by Gasteiger charge is 2.13. The molecule has 4 rings (SSSR count). The van der Waals surface area contributed by atoms with Crippen LogP contribution >= 0.6 is 34.3 Å². The number of rotatable bonds is 5. The van der Waals surface area contributed by atoms with E-state index in [0.717, 1.165) is 10.6 Å². The summed E-state index contributed by atoms with van der Waals surface area (Å²) in [5.74, 6) is -0.562. The van der Waals surface area contributed by atoms with Crippen LogP contribution in [0.25, 0.3) is 10.6 Å². The van der Waals surface area contributed by atoms with E-state index in [9.17, 15) is 9.59 Å². The lowest BCUT2D eigenvalue weighted by atomic mass is 10.1. The maximum absolute atomic E-state index is 12.6. The molecule has 144 valence electrons. The molecule has 0 atom stereocenters. The molecule has 5 nitrogen and oxygen atoms in total. The molecule has 0 spiro atoms. The van der Waals surface area contributed by atoms with E-state index in [1.54, 1.807) is 47.9 Å². The molecule has 2 amide bonds. The van der Waals surface area contributed by atoms with Crippen molar-refractivity contribution in [1.82, 2.24) is 4.98 Å². The van der Waals surface area contributed by atoms with Gasteiger partial charge in [-0.05, 0) is 53.9 Å². The van der Waals surface area contributed by atoms with Gasteiger partial charge in [-0.25, -0.2) is 4.98 Å². The highest BCUT2D eigenvalue weighted by atomic mass is 35.5. The fourth-order valence-electron chi connectivity index (χ4n) is 2.62. The minimum Gasteiger partial charge on any atom is -0.322 e. The fourth-order valence-corrected chi connectivity index (χ4v) is 4.05. The average molecular weight is 440 g/mol. The zero-order valence-corrected chi connectivity index (χ0v) is 17.3. The smallest absolute Gasteiger partial charge is 0.265 e. The molecule has 0 aliphatic carbocycles. The van der Waals surface area contributed by atoms with Gasteiger partial charge in [0.1, 0.15) is 5.01 Å². The van der Waals surface area contributed by atoms with Crippen LogP contribution < -0.4 is 10.6 Å². The minimum absolute atomic E-state index is 0.266. The Labute approximate surface area is 180 Å². The van der Waals surface area contributed by atoms with E-state index in [1.165, 1.54) is 11.3 Å². The number of hydrogen-bond donors (Lipinski definition) is 2. The first-order valence-corrected chi connectivity index (χ1v) is 10.7. The molecule has 2 aromatic heterocycles. The fraction of sp³-hybridized carbons (Fsp3) is 0. The van der Waals surface area contributed by atoms with Crippen molar-refractivity contribution in [3.8, 4) is 10.6 Å². The highest BCUT2D eigenvalue weighted by molar-refractivity contribution is 7.13. The molecule has 2 N–H and O–H groups in total. The number of thiophene rings is 1. The van der Waals surface area contributed by atoms with Gasteiger partial charge in [0.2, 0.25) is 0 Å². The molecule has 0 bridgehead atoms. The Morgan fingerprint density at radius 3 is 2.41 bits per heavy atom. The predicted molar refractivity (Wildman–Crippen MR) is 119 cm³/mol. The third-order valence-electron chi connectivity index (χ3n) is 4.04. The van der Waals surface area contributed by atoms with Gasteiger partial charge in [0, 0.05) is 28.4 Å². The third kappa shape index (κ3) is 4.54. The summed E-state index contributed by atoms with van der Waals surface area (Å²) in [4.78, 5) is 29.7. The number of thiazole rings is 1. The molecule has 4 aromatic rings. The summed E-state index contributed by atoms with van der Waals surface area (Å²) in [5.41, 5.74) is 2.43. The first kappa shape index (κ1) is 19.3. The van der Waals surface area contributed by atoms with Crippen LogP contribution in [0.5, 0.6) is 0 Å². The van der Waals surface area contributed by atoms with Crippen LogP contribution in [0.1, 0.15) is 20.0 Å². The van der Waals surface area contributed by atoms with Crippen LogP contribution in [0.2, 0.25) is 5.02 Å². The first-order chi connectivity index (χ1) is 14.1. The maximum Gasteiger partial charge on any atom is 0.265 e. The normalized spacial score (nSPS) is 10.5. The molecule has 0 saturated heterocycles. The zero-order chi connectivity index (χ0) is 20.2. The van der Waals surface area contributed by atoms with Crippen molar-refractivity contribution in [2.24, 2.45) is 0 Å². The van der Waals surface area contributed by atoms with Gasteiger partial charge in [-0.1, -0.05) is 17.7 Å². The zero-order valence-electron chi connectivity index (χ0n) is 14.9. The number of nitrogens with zero attached hydrogens (tertiary/aromatic N) is 1. The van der Waals surface area contributed by atoms with Gasteiger partial charge < -0.3 is 10.6 Å². The Morgan fingerprint density at radius 1 is 0.897 bits per heavy atom.